The first-order valence-corrected chi connectivity index (χ1v) is 10.0. The molecule has 1 spiro atoms. The van der Waals surface area contributed by atoms with Crippen molar-refractivity contribution in [3.8, 4) is 0 Å². The first-order chi connectivity index (χ1) is 13.0. The molecule has 28 heavy (non-hydrogen) atoms. The highest BCUT2D eigenvalue weighted by molar-refractivity contribution is 9.10. The zero-order chi connectivity index (χ0) is 20.7. The van der Waals surface area contributed by atoms with Gasteiger partial charge in [0.25, 0.3) is 5.91 Å². The Balaban J connectivity index is 1.65. The van der Waals surface area contributed by atoms with Gasteiger partial charge in [-0.25, -0.2) is 9.18 Å². The normalized spacial score (nSPS) is 26.5. The van der Waals surface area contributed by atoms with E-state index in [1.165, 1.54) is 12.1 Å². The number of esters is 1. The third-order valence-corrected chi connectivity index (χ3v) is 5.81. The van der Waals surface area contributed by atoms with Crippen molar-refractivity contribution < 1.29 is 23.5 Å². The van der Waals surface area contributed by atoms with Gasteiger partial charge in [0.2, 0.25) is 0 Å². The second-order valence-corrected chi connectivity index (χ2v) is 9.57. The molecular weight excluding hydrogens is 431 g/mol. The first-order valence-electron chi connectivity index (χ1n) is 9.25. The number of amides is 3. The Kier molecular flexibility index (Phi) is 5.53. The molecular formula is C20H24BrFN2O4. The summed E-state index contributed by atoms with van der Waals surface area (Å²) in [6, 6.07) is 3.83. The number of hydrogen-bond acceptors (Lipinski definition) is 4. The lowest BCUT2D eigenvalue weighted by atomic mass is 9.64. The Morgan fingerprint density at radius 2 is 2.07 bits per heavy atom. The van der Waals surface area contributed by atoms with Gasteiger partial charge in [-0.3, -0.25) is 14.5 Å². The fraction of sp³-hybridized carbons (Fsp3) is 0.550. The quantitative estimate of drug-likeness (QED) is 0.554. The van der Waals surface area contributed by atoms with E-state index in [4.69, 9.17) is 4.74 Å². The number of nitrogens with one attached hydrogen (secondary N) is 1. The maximum atomic E-state index is 13.8. The van der Waals surface area contributed by atoms with Crippen LogP contribution in [0.25, 0.3) is 0 Å². The number of urea groups is 1. The third kappa shape index (κ3) is 4.21. The van der Waals surface area contributed by atoms with Crippen molar-refractivity contribution in [2.24, 2.45) is 11.3 Å². The van der Waals surface area contributed by atoms with E-state index >= 15 is 0 Å². The summed E-state index contributed by atoms with van der Waals surface area (Å²) < 4.78 is 19.5. The molecule has 8 heteroatoms. The van der Waals surface area contributed by atoms with Gasteiger partial charge in [-0.1, -0.05) is 42.8 Å². The highest BCUT2D eigenvalue weighted by Gasteiger charge is 2.56. The molecule has 1 heterocycles. The molecule has 2 atom stereocenters. The number of carbonyl (C=O) groups excluding carboxylic acids is 3. The monoisotopic (exact) mass is 454 g/mol. The highest BCUT2D eigenvalue weighted by atomic mass is 79.9. The van der Waals surface area contributed by atoms with Crippen LogP contribution in [-0.2, 0) is 20.9 Å². The lowest BCUT2D eigenvalue weighted by Crippen LogP contribution is -2.54. The standard InChI is InChI=1S/C20H24BrFN2O4/c1-12-7-19(2,3)11-20(8-12)17(26)24(18(27)23-20)9-16(25)28-10-13-4-5-14(21)6-15(13)22/h4-6,12H,7-11H2,1-3H3,(H,23,27)/t12-,20+/m1/s1. The van der Waals surface area contributed by atoms with Crippen LogP contribution in [0.2, 0.25) is 0 Å². The number of ether oxygens (including phenoxy) is 1. The van der Waals surface area contributed by atoms with Crippen molar-refractivity contribution in [3.05, 3.63) is 34.1 Å². The molecule has 1 N–H and O–H groups in total. The van der Waals surface area contributed by atoms with E-state index in [9.17, 15) is 18.8 Å². The van der Waals surface area contributed by atoms with Crippen LogP contribution >= 0.6 is 15.9 Å². The Morgan fingerprint density at radius 1 is 1.36 bits per heavy atom. The fourth-order valence-corrected chi connectivity index (χ4v) is 4.95. The molecule has 0 radical (unpaired) electrons. The van der Waals surface area contributed by atoms with Gasteiger partial charge in [0.15, 0.2) is 0 Å². The summed E-state index contributed by atoms with van der Waals surface area (Å²) in [5.41, 5.74) is -0.833. The maximum Gasteiger partial charge on any atom is 0.326 e. The molecule has 3 amide bonds. The van der Waals surface area contributed by atoms with Gasteiger partial charge in [-0.2, -0.15) is 0 Å². The zero-order valence-corrected chi connectivity index (χ0v) is 17.8. The van der Waals surface area contributed by atoms with E-state index < -0.39 is 29.9 Å². The van der Waals surface area contributed by atoms with Gasteiger partial charge in [0.05, 0.1) is 0 Å². The summed E-state index contributed by atoms with van der Waals surface area (Å²) in [7, 11) is 0. The number of halogens is 2. The molecule has 2 aliphatic rings. The highest BCUT2D eigenvalue weighted by Crippen LogP contribution is 2.46. The molecule has 1 aromatic carbocycles. The molecule has 1 saturated carbocycles. The average molecular weight is 455 g/mol. The van der Waals surface area contributed by atoms with Crippen LogP contribution in [0.15, 0.2) is 22.7 Å². The smallest absolute Gasteiger partial charge is 0.326 e. The molecule has 152 valence electrons. The van der Waals surface area contributed by atoms with E-state index in [1.54, 1.807) is 6.07 Å². The molecule has 6 nitrogen and oxygen atoms in total. The molecule has 0 bridgehead atoms. The second-order valence-electron chi connectivity index (χ2n) is 8.65. The largest absolute Gasteiger partial charge is 0.459 e. The number of benzene rings is 1. The zero-order valence-electron chi connectivity index (χ0n) is 16.2. The van der Waals surface area contributed by atoms with E-state index in [1.807, 2.05) is 0 Å². The topological polar surface area (TPSA) is 75.7 Å². The van der Waals surface area contributed by atoms with E-state index in [0.717, 1.165) is 11.3 Å². The molecule has 3 rings (SSSR count). The van der Waals surface area contributed by atoms with Crippen LogP contribution in [0.3, 0.4) is 0 Å². The average Bonchev–Trinajstić information content (AvgIpc) is 2.75. The molecule has 0 unspecified atom stereocenters. The van der Waals surface area contributed by atoms with Crippen molar-refractivity contribution in [2.45, 2.75) is 52.2 Å². The fourth-order valence-electron chi connectivity index (χ4n) is 4.62. The third-order valence-electron chi connectivity index (χ3n) is 5.32. The number of nitrogens with zero attached hydrogens (tertiary/aromatic N) is 1. The Hall–Kier alpha value is -1.96. The van der Waals surface area contributed by atoms with Crippen molar-refractivity contribution >= 4 is 33.8 Å². The molecule has 2 fully saturated rings. The van der Waals surface area contributed by atoms with Gasteiger partial charge < -0.3 is 10.1 Å². The number of hydrogen-bond donors (Lipinski definition) is 1. The minimum Gasteiger partial charge on any atom is -0.459 e. The van der Waals surface area contributed by atoms with Crippen LogP contribution in [0, 0.1) is 17.2 Å². The van der Waals surface area contributed by atoms with Crippen LogP contribution < -0.4 is 5.32 Å². The van der Waals surface area contributed by atoms with E-state index in [0.29, 0.717) is 17.3 Å². The minimum absolute atomic E-state index is 0.0871. The minimum atomic E-state index is -0.962. The Bertz CT molecular complexity index is 828. The lowest BCUT2D eigenvalue weighted by Gasteiger charge is -2.43. The summed E-state index contributed by atoms with van der Waals surface area (Å²) >= 11 is 3.16. The predicted octanol–water partition coefficient (Wildman–Crippen LogP) is 3.77. The van der Waals surface area contributed by atoms with Crippen molar-refractivity contribution in [2.75, 3.05) is 6.54 Å². The first kappa shape index (κ1) is 20.8. The Morgan fingerprint density at radius 3 is 2.71 bits per heavy atom. The summed E-state index contributed by atoms with van der Waals surface area (Å²) in [5, 5.41) is 2.81. The number of imide groups is 1. The molecule has 0 aromatic heterocycles. The van der Waals surface area contributed by atoms with E-state index in [-0.39, 0.29) is 29.4 Å². The van der Waals surface area contributed by atoms with Crippen LogP contribution in [0.5, 0.6) is 0 Å². The van der Waals surface area contributed by atoms with Crippen molar-refractivity contribution in [1.29, 1.82) is 0 Å². The Labute approximate surface area is 171 Å². The maximum absolute atomic E-state index is 13.8. The van der Waals surface area contributed by atoms with Gasteiger partial charge in [-0.15, -0.1) is 0 Å². The van der Waals surface area contributed by atoms with Gasteiger partial charge >= 0.3 is 12.0 Å². The van der Waals surface area contributed by atoms with Gasteiger partial charge in [-0.05, 0) is 42.7 Å². The molecule has 1 aliphatic carbocycles. The van der Waals surface area contributed by atoms with Crippen LogP contribution in [0.4, 0.5) is 9.18 Å². The lowest BCUT2D eigenvalue weighted by molar-refractivity contribution is -0.149. The predicted molar refractivity (Wildman–Crippen MR) is 104 cm³/mol. The summed E-state index contributed by atoms with van der Waals surface area (Å²) in [6.45, 7) is 5.46. The van der Waals surface area contributed by atoms with Gasteiger partial charge in [0.1, 0.15) is 24.5 Å². The molecule has 1 saturated heterocycles. The number of rotatable bonds is 4. The van der Waals surface area contributed by atoms with Crippen LogP contribution in [0.1, 0.15) is 45.6 Å². The summed E-state index contributed by atoms with van der Waals surface area (Å²) in [5.74, 6) is -1.37. The van der Waals surface area contributed by atoms with Crippen LogP contribution in [-0.4, -0.2) is 34.9 Å². The number of carbonyl (C=O) groups is 3. The summed E-state index contributed by atoms with van der Waals surface area (Å²) in [6.07, 6.45) is 2.06. The van der Waals surface area contributed by atoms with Crippen molar-refractivity contribution in [1.82, 2.24) is 10.2 Å². The SMILES string of the molecule is C[C@@H]1CC(C)(C)C[C@]2(C1)NC(=O)N(CC(=O)OCc1ccc(Br)cc1F)C2=O. The summed E-state index contributed by atoms with van der Waals surface area (Å²) in [4.78, 5) is 38.5. The molecule has 1 aliphatic heterocycles. The van der Waals surface area contributed by atoms with Gasteiger partial charge in [0, 0.05) is 10.0 Å². The molecule has 1 aromatic rings. The van der Waals surface area contributed by atoms with E-state index in [2.05, 4.69) is 42.0 Å². The van der Waals surface area contributed by atoms with Crippen molar-refractivity contribution in [3.63, 3.8) is 0 Å². The second kappa shape index (κ2) is 7.46.